The number of aliphatic hydroxyl groups is 1. The molecule has 0 aromatic rings. The summed E-state index contributed by atoms with van der Waals surface area (Å²) in [6.07, 6.45) is 6.76. The van der Waals surface area contributed by atoms with E-state index in [1.165, 1.54) is 25.7 Å². The number of epoxide rings is 1. The lowest BCUT2D eigenvalue weighted by molar-refractivity contribution is 0.262. The Morgan fingerprint density at radius 2 is 1.91 bits per heavy atom. The highest BCUT2D eigenvalue weighted by Crippen LogP contribution is 2.29. The molecule has 1 aliphatic heterocycles. The number of unbranched alkanes of at least 4 members (excludes halogenated alkanes) is 2. The van der Waals surface area contributed by atoms with Gasteiger partial charge in [0.15, 0.2) is 0 Å². The van der Waals surface area contributed by atoms with E-state index in [1.807, 2.05) is 0 Å². The topological polar surface area (TPSA) is 32.8 Å². The lowest BCUT2D eigenvalue weighted by atomic mass is 10.1. The summed E-state index contributed by atoms with van der Waals surface area (Å²) >= 11 is 0. The zero-order chi connectivity index (χ0) is 8.10. The summed E-state index contributed by atoms with van der Waals surface area (Å²) in [5.74, 6) is 0. The van der Waals surface area contributed by atoms with E-state index >= 15 is 0 Å². The monoisotopic (exact) mass is 158 g/mol. The van der Waals surface area contributed by atoms with Crippen LogP contribution in [0.3, 0.4) is 0 Å². The molecule has 0 amide bonds. The third kappa shape index (κ3) is 3.21. The van der Waals surface area contributed by atoms with Gasteiger partial charge in [0.25, 0.3) is 0 Å². The maximum absolute atomic E-state index is 8.59. The van der Waals surface area contributed by atoms with Crippen molar-refractivity contribution in [2.75, 3.05) is 6.61 Å². The molecule has 0 unspecified atom stereocenters. The molecule has 2 nitrogen and oxygen atoms in total. The summed E-state index contributed by atoms with van der Waals surface area (Å²) in [5, 5.41) is 8.59. The van der Waals surface area contributed by atoms with E-state index < -0.39 is 0 Å². The van der Waals surface area contributed by atoms with Crippen LogP contribution in [-0.4, -0.2) is 23.9 Å². The van der Waals surface area contributed by atoms with E-state index in [2.05, 4.69) is 6.92 Å². The third-order valence-electron chi connectivity index (χ3n) is 2.19. The third-order valence-corrected chi connectivity index (χ3v) is 2.19. The van der Waals surface area contributed by atoms with Gasteiger partial charge in [-0.3, -0.25) is 0 Å². The molecule has 66 valence electrons. The number of aliphatic hydroxyl groups excluding tert-OH is 1. The zero-order valence-electron chi connectivity index (χ0n) is 7.25. The Labute approximate surface area is 68.6 Å². The molecule has 2 atom stereocenters. The van der Waals surface area contributed by atoms with E-state index in [4.69, 9.17) is 9.84 Å². The lowest BCUT2D eigenvalue weighted by Gasteiger charge is -1.93. The van der Waals surface area contributed by atoms with Crippen LogP contribution in [0, 0.1) is 0 Å². The molecular formula is C9H18O2. The minimum absolute atomic E-state index is 0.273. The molecule has 1 heterocycles. The number of hydrogen-bond donors (Lipinski definition) is 1. The summed E-state index contributed by atoms with van der Waals surface area (Å²) in [5.41, 5.74) is 0. The minimum Gasteiger partial charge on any atom is -0.396 e. The van der Waals surface area contributed by atoms with Crippen molar-refractivity contribution in [1.29, 1.82) is 0 Å². The van der Waals surface area contributed by atoms with Crippen LogP contribution in [0.4, 0.5) is 0 Å². The number of ether oxygens (including phenoxy) is 1. The molecule has 0 bridgehead atoms. The smallest absolute Gasteiger partial charge is 0.0863 e. The van der Waals surface area contributed by atoms with E-state index in [1.54, 1.807) is 0 Å². The van der Waals surface area contributed by atoms with Crippen molar-refractivity contribution in [3.63, 3.8) is 0 Å². The Kier molecular flexibility index (Phi) is 3.87. The first kappa shape index (κ1) is 9.01. The van der Waals surface area contributed by atoms with Gasteiger partial charge in [-0.25, -0.2) is 0 Å². The van der Waals surface area contributed by atoms with E-state index in [-0.39, 0.29) is 6.61 Å². The molecule has 1 rings (SSSR count). The van der Waals surface area contributed by atoms with Gasteiger partial charge in [-0.2, -0.15) is 0 Å². The molecule has 0 aromatic carbocycles. The number of hydrogen-bond acceptors (Lipinski definition) is 2. The first-order chi connectivity index (χ1) is 5.38. The fourth-order valence-electron chi connectivity index (χ4n) is 1.41. The fraction of sp³-hybridized carbons (Fsp3) is 1.00. The Morgan fingerprint density at radius 3 is 2.55 bits per heavy atom. The van der Waals surface area contributed by atoms with Crippen LogP contribution < -0.4 is 0 Å². The zero-order valence-corrected chi connectivity index (χ0v) is 7.25. The van der Waals surface area contributed by atoms with Gasteiger partial charge < -0.3 is 9.84 Å². The molecular weight excluding hydrogens is 140 g/mol. The lowest BCUT2D eigenvalue weighted by Crippen LogP contribution is -1.96. The van der Waals surface area contributed by atoms with Gasteiger partial charge in [0.1, 0.15) is 0 Å². The summed E-state index contributed by atoms with van der Waals surface area (Å²) < 4.78 is 5.34. The van der Waals surface area contributed by atoms with Crippen molar-refractivity contribution in [1.82, 2.24) is 0 Å². The normalized spacial score (nSPS) is 28.9. The first-order valence-corrected chi connectivity index (χ1v) is 4.64. The molecule has 1 saturated heterocycles. The molecule has 1 fully saturated rings. The van der Waals surface area contributed by atoms with Gasteiger partial charge >= 0.3 is 0 Å². The molecule has 0 spiro atoms. The van der Waals surface area contributed by atoms with E-state index in [0.717, 1.165) is 6.42 Å². The highest BCUT2D eigenvalue weighted by molar-refractivity contribution is 4.83. The Morgan fingerprint density at radius 1 is 1.18 bits per heavy atom. The standard InChI is InChI=1S/C9H18O2/c1-2-3-4-5-8-9(11-8)6-7-10/h8-10H,2-7H2,1H3/t8-,9+/m0/s1. The fourth-order valence-corrected chi connectivity index (χ4v) is 1.41. The highest BCUT2D eigenvalue weighted by Gasteiger charge is 2.36. The second-order valence-electron chi connectivity index (χ2n) is 3.22. The van der Waals surface area contributed by atoms with Crippen molar-refractivity contribution < 1.29 is 9.84 Å². The summed E-state index contributed by atoms with van der Waals surface area (Å²) in [6.45, 7) is 2.48. The maximum Gasteiger partial charge on any atom is 0.0863 e. The van der Waals surface area contributed by atoms with E-state index in [9.17, 15) is 0 Å². The maximum atomic E-state index is 8.59. The molecule has 1 N–H and O–H groups in total. The summed E-state index contributed by atoms with van der Waals surface area (Å²) in [7, 11) is 0. The largest absolute Gasteiger partial charge is 0.396 e. The van der Waals surface area contributed by atoms with Gasteiger partial charge in [0, 0.05) is 6.61 Å². The minimum atomic E-state index is 0.273. The predicted molar refractivity (Wildman–Crippen MR) is 44.5 cm³/mol. The van der Waals surface area contributed by atoms with Crippen LogP contribution in [0.2, 0.25) is 0 Å². The average Bonchev–Trinajstić information content (AvgIpc) is 2.70. The van der Waals surface area contributed by atoms with Crippen molar-refractivity contribution in [2.24, 2.45) is 0 Å². The average molecular weight is 158 g/mol. The molecule has 0 radical (unpaired) electrons. The van der Waals surface area contributed by atoms with Crippen LogP contribution in [-0.2, 0) is 4.74 Å². The Balaban J connectivity index is 1.87. The van der Waals surface area contributed by atoms with Crippen molar-refractivity contribution in [2.45, 2.75) is 51.2 Å². The van der Waals surface area contributed by atoms with Crippen LogP contribution in [0.1, 0.15) is 39.0 Å². The molecule has 0 aromatic heterocycles. The van der Waals surface area contributed by atoms with Crippen molar-refractivity contribution >= 4 is 0 Å². The molecule has 11 heavy (non-hydrogen) atoms. The van der Waals surface area contributed by atoms with Gasteiger partial charge in [-0.05, 0) is 12.8 Å². The number of rotatable bonds is 6. The Bertz CT molecular complexity index is 104. The van der Waals surface area contributed by atoms with Crippen LogP contribution in [0.15, 0.2) is 0 Å². The van der Waals surface area contributed by atoms with Gasteiger partial charge in [0.05, 0.1) is 12.2 Å². The summed E-state index contributed by atoms with van der Waals surface area (Å²) in [6, 6.07) is 0. The van der Waals surface area contributed by atoms with Crippen LogP contribution in [0.25, 0.3) is 0 Å². The van der Waals surface area contributed by atoms with E-state index in [0.29, 0.717) is 12.2 Å². The predicted octanol–water partition coefficient (Wildman–Crippen LogP) is 1.72. The first-order valence-electron chi connectivity index (χ1n) is 4.64. The van der Waals surface area contributed by atoms with Crippen molar-refractivity contribution in [3.8, 4) is 0 Å². The van der Waals surface area contributed by atoms with Gasteiger partial charge in [-0.1, -0.05) is 26.2 Å². The highest BCUT2D eigenvalue weighted by atomic mass is 16.6. The SMILES string of the molecule is CCCCC[C@@H]1O[C@@H]1CCO. The van der Waals surface area contributed by atoms with Crippen LogP contribution in [0.5, 0.6) is 0 Å². The molecule has 2 heteroatoms. The van der Waals surface area contributed by atoms with Crippen molar-refractivity contribution in [3.05, 3.63) is 0 Å². The second-order valence-corrected chi connectivity index (χ2v) is 3.22. The molecule has 1 aliphatic rings. The van der Waals surface area contributed by atoms with Gasteiger partial charge in [-0.15, -0.1) is 0 Å². The second kappa shape index (κ2) is 4.73. The quantitative estimate of drug-likeness (QED) is 0.471. The Hall–Kier alpha value is -0.0800. The van der Waals surface area contributed by atoms with Gasteiger partial charge in [0.2, 0.25) is 0 Å². The molecule has 0 aliphatic carbocycles. The molecule has 0 saturated carbocycles. The summed E-state index contributed by atoms with van der Waals surface area (Å²) in [4.78, 5) is 0. The van der Waals surface area contributed by atoms with Crippen LogP contribution >= 0.6 is 0 Å².